The Kier molecular flexibility index (Phi) is 6.80. The summed E-state index contributed by atoms with van der Waals surface area (Å²) in [4.78, 5) is 37.7. The molecular weight excluding hydrogens is 501 g/mol. The number of nitrogens with zero attached hydrogens (tertiary/aromatic N) is 1. The van der Waals surface area contributed by atoms with Crippen LogP contribution in [0.25, 0.3) is 5.57 Å². The van der Waals surface area contributed by atoms with E-state index in [2.05, 4.69) is 10.6 Å². The van der Waals surface area contributed by atoms with Crippen molar-refractivity contribution in [2.24, 2.45) is 0 Å². The highest BCUT2D eigenvalue weighted by molar-refractivity contribution is 6.09. The minimum Gasteiger partial charge on any atom is -0.383 e. The molecule has 3 amide bonds. The van der Waals surface area contributed by atoms with Crippen molar-refractivity contribution in [3.05, 3.63) is 59.2 Å². The number of nitrogens with one attached hydrogen (secondary N) is 2. The standard InChI is InChI=1S/C25H22F5N3O4/c1-2-24(26,27)23(37)33-9-8-13(15-7-6-14(11-19(15)33)25(28,29)30)10-21(35)31-17-4-3-5-18-16(17)12-20(34)22(36)32-18/h3-7,10-11,20,34H,2,8-9,12H2,1H3,(H,31,35)(H,32,36)/b13-10+. The fourth-order valence-electron chi connectivity index (χ4n) is 4.27. The predicted molar refractivity (Wildman–Crippen MR) is 125 cm³/mol. The van der Waals surface area contributed by atoms with Crippen molar-refractivity contribution >= 4 is 40.4 Å². The van der Waals surface area contributed by atoms with Crippen LogP contribution in [0.1, 0.15) is 36.5 Å². The van der Waals surface area contributed by atoms with Gasteiger partial charge in [-0.25, -0.2) is 0 Å². The summed E-state index contributed by atoms with van der Waals surface area (Å²) in [6.07, 6.45) is -5.87. The van der Waals surface area contributed by atoms with Gasteiger partial charge in [-0.05, 0) is 36.3 Å². The van der Waals surface area contributed by atoms with Crippen molar-refractivity contribution < 1.29 is 41.4 Å². The molecule has 0 aliphatic carbocycles. The second kappa shape index (κ2) is 9.58. The van der Waals surface area contributed by atoms with Crippen LogP contribution in [0.3, 0.4) is 0 Å². The average Bonchev–Trinajstić information content (AvgIpc) is 2.84. The molecule has 0 saturated heterocycles. The first kappa shape index (κ1) is 26.3. The molecule has 7 nitrogen and oxygen atoms in total. The molecule has 1 atom stereocenters. The molecule has 0 aromatic heterocycles. The highest BCUT2D eigenvalue weighted by Crippen LogP contribution is 2.41. The van der Waals surface area contributed by atoms with Gasteiger partial charge in [0.25, 0.3) is 11.8 Å². The first-order valence-electron chi connectivity index (χ1n) is 11.4. The maximum atomic E-state index is 14.2. The van der Waals surface area contributed by atoms with Gasteiger partial charge < -0.3 is 20.6 Å². The van der Waals surface area contributed by atoms with Crippen LogP contribution < -0.4 is 15.5 Å². The van der Waals surface area contributed by atoms with E-state index < -0.39 is 47.9 Å². The second-order valence-corrected chi connectivity index (χ2v) is 8.69. The summed E-state index contributed by atoms with van der Waals surface area (Å²) in [5, 5.41) is 15.0. The number of amides is 3. The molecule has 2 aliphatic heterocycles. The zero-order chi connectivity index (χ0) is 27.1. The number of aliphatic hydroxyl groups excluding tert-OH is 1. The molecule has 0 saturated carbocycles. The number of hydrogen-bond acceptors (Lipinski definition) is 4. The van der Waals surface area contributed by atoms with Gasteiger partial charge >= 0.3 is 12.1 Å². The van der Waals surface area contributed by atoms with Gasteiger partial charge in [0, 0.05) is 48.0 Å². The third kappa shape index (κ3) is 5.19. The van der Waals surface area contributed by atoms with Gasteiger partial charge in [0.2, 0.25) is 5.91 Å². The number of fused-ring (bicyclic) bond motifs is 2. The largest absolute Gasteiger partial charge is 0.416 e. The maximum absolute atomic E-state index is 14.2. The lowest BCUT2D eigenvalue weighted by Gasteiger charge is -2.33. The summed E-state index contributed by atoms with van der Waals surface area (Å²) >= 11 is 0. The number of carbonyl (C=O) groups is 3. The molecule has 0 spiro atoms. The third-order valence-corrected chi connectivity index (χ3v) is 6.27. The molecule has 3 N–H and O–H groups in total. The fraction of sp³-hybridized carbons (Fsp3) is 0.320. The second-order valence-electron chi connectivity index (χ2n) is 8.69. The minimum absolute atomic E-state index is 0.0417. The Hall–Kier alpha value is -3.80. The van der Waals surface area contributed by atoms with Crippen LogP contribution in [0.4, 0.5) is 39.0 Å². The van der Waals surface area contributed by atoms with E-state index in [1.165, 1.54) is 0 Å². The van der Waals surface area contributed by atoms with Gasteiger partial charge in [-0.2, -0.15) is 22.0 Å². The van der Waals surface area contributed by atoms with Crippen LogP contribution in [0, 0.1) is 0 Å². The number of carbonyl (C=O) groups excluding carboxylic acids is 3. The van der Waals surface area contributed by atoms with E-state index in [9.17, 15) is 41.4 Å². The number of hydrogen-bond donors (Lipinski definition) is 3. The van der Waals surface area contributed by atoms with E-state index in [1.807, 2.05) is 0 Å². The highest BCUT2D eigenvalue weighted by Gasteiger charge is 2.43. The normalized spacial score (nSPS) is 18.7. The number of benzene rings is 2. The molecule has 4 rings (SSSR count). The Morgan fingerprint density at radius 3 is 2.59 bits per heavy atom. The molecule has 0 fully saturated rings. The van der Waals surface area contributed by atoms with Gasteiger partial charge in [0.05, 0.1) is 11.3 Å². The SMILES string of the molecule is CCC(F)(F)C(=O)N1CC/C(=C\C(=O)Nc2cccc3c2CC(O)C(=O)N3)c2ccc(C(F)(F)F)cc21. The van der Waals surface area contributed by atoms with E-state index in [1.54, 1.807) is 18.2 Å². The zero-order valence-corrected chi connectivity index (χ0v) is 19.5. The lowest BCUT2D eigenvalue weighted by Crippen LogP contribution is -2.45. The van der Waals surface area contributed by atoms with Gasteiger partial charge in [-0.3, -0.25) is 14.4 Å². The molecular formula is C25H22F5N3O4. The topological polar surface area (TPSA) is 98.7 Å². The van der Waals surface area contributed by atoms with Crippen molar-refractivity contribution in [3.63, 3.8) is 0 Å². The number of aliphatic hydroxyl groups is 1. The molecule has 0 bridgehead atoms. The predicted octanol–water partition coefficient (Wildman–Crippen LogP) is 4.37. The van der Waals surface area contributed by atoms with Gasteiger partial charge in [0.15, 0.2) is 0 Å². The van der Waals surface area contributed by atoms with Gasteiger partial charge in [-0.15, -0.1) is 0 Å². The van der Waals surface area contributed by atoms with Crippen LogP contribution in [-0.4, -0.2) is 41.4 Å². The Balaban J connectivity index is 1.68. The lowest BCUT2D eigenvalue weighted by molar-refractivity contribution is -0.143. The van der Waals surface area contributed by atoms with Crippen molar-refractivity contribution in [2.75, 3.05) is 22.1 Å². The molecule has 2 aliphatic rings. The van der Waals surface area contributed by atoms with Crippen molar-refractivity contribution in [1.82, 2.24) is 0 Å². The van der Waals surface area contributed by atoms with Gasteiger partial charge in [0.1, 0.15) is 6.10 Å². The summed E-state index contributed by atoms with van der Waals surface area (Å²) in [7, 11) is 0. The average molecular weight is 523 g/mol. The molecule has 0 radical (unpaired) electrons. The summed E-state index contributed by atoms with van der Waals surface area (Å²) in [5.41, 5.74) is 0.0254. The zero-order valence-electron chi connectivity index (χ0n) is 19.5. The summed E-state index contributed by atoms with van der Waals surface area (Å²) in [6.45, 7) is 0.748. The van der Waals surface area contributed by atoms with Crippen LogP contribution in [0.15, 0.2) is 42.5 Å². The molecule has 2 aromatic carbocycles. The first-order valence-corrected chi connectivity index (χ1v) is 11.4. The Morgan fingerprint density at radius 2 is 1.92 bits per heavy atom. The van der Waals surface area contributed by atoms with Gasteiger partial charge in [-0.1, -0.05) is 19.1 Å². The Bertz CT molecular complexity index is 1310. The van der Waals surface area contributed by atoms with E-state index in [-0.39, 0.29) is 36.2 Å². The highest BCUT2D eigenvalue weighted by atomic mass is 19.4. The number of alkyl halides is 5. The summed E-state index contributed by atoms with van der Waals surface area (Å²) in [5.74, 6) is -6.63. The minimum atomic E-state index is -4.78. The molecule has 12 heteroatoms. The van der Waals surface area contributed by atoms with Crippen LogP contribution in [0.5, 0.6) is 0 Å². The molecule has 2 aromatic rings. The number of rotatable bonds is 4. The smallest absolute Gasteiger partial charge is 0.383 e. The van der Waals surface area contributed by atoms with Crippen molar-refractivity contribution in [2.45, 2.75) is 44.4 Å². The van der Waals surface area contributed by atoms with E-state index in [0.29, 0.717) is 27.9 Å². The molecule has 37 heavy (non-hydrogen) atoms. The Morgan fingerprint density at radius 1 is 1.19 bits per heavy atom. The quantitative estimate of drug-likeness (QED) is 0.410. The van der Waals surface area contributed by atoms with E-state index >= 15 is 0 Å². The first-order chi connectivity index (χ1) is 17.3. The molecule has 196 valence electrons. The number of anilines is 3. The summed E-state index contributed by atoms with van der Waals surface area (Å²) in [6, 6.07) is 7.16. The van der Waals surface area contributed by atoms with Crippen LogP contribution in [0.2, 0.25) is 0 Å². The van der Waals surface area contributed by atoms with E-state index in [0.717, 1.165) is 25.1 Å². The summed E-state index contributed by atoms with van der Waals surface area (Å²) < 4.78 is 68.4. The van der Waals surface area contributed by atoms with Crippen molar-refractivity contribution in [3.8, 4) is 0 Å². The number of halogens is 5. The monoisotopic (exact) mass is 523 g/mol. The lowest BCUT2D eigenvalue weighted by atomic mass is 9.93. The Labute approximate surface area is 207 Å². The van der Waals surface area contributed by atoms with Crippen molar-refractivity contribution in [1.29, 1.82) is 0 Å². The molecule has 2 heterocycles. The van der Waals surface area contributed by atoms with Crippen LogP contribution in [-0.2, 0) is 27.0 Å². The third-order valence-electron chi connectivity index (χ3n) is 6.27. The van der Waals surface area contributed by atoms with Crippen LogP contribution >= 0.6 is 0 Å². The maximum Gasteiger partial charge on any atom is 0.416 e. The fourth-order valence-corrected chi connectivity index (χ4v) is 4.27. The van der Waals surface area contributed by atoms with E-state index in [4.69, 9.17) is 0 Å². The molecule has 1 unspecified atom stereocenters.